The summed E-state index contributed by atoms with van der Waals surface area (Å²) in [6, 6.07) is 11.4. The predicted molar refractivity (Wildman–Crippen MR) is 126 cm³/mol. The highest BCUT2D eigenvalue weighted by Gasteiger charge is 2.56. The quantitative estimate of drug-likeness (QED) is 0.661. The number of nitrogens with zero attached hydrogens (tertiary/aromatic N) is 3. The van der Waals surface area contributed by atoms with Crippen LogP contribution in [-0.4, -0.2) is 64.6 Å². The molecule has 5 rings (SSSR count). The van der Waals surface area contributed by atoms with E-state index >= 15 is 0 Å². The van der Waals surface area contributed by atoms with Crippen molar-refractivity contribution >= 4 is 32.1 Å². The minimum Gasteiger partial charge on any atom is -0.365 e. The monoisotopic (exact) mass is 457 g/mol. The van der Waals surface area contributed by atoms with Crippen molar-refractivity contribution in [2.24, 2.45) is 0 Å². The van der Waals surface area contributed by atoms with Gasteiger partial charge in [-0.3, -0.25) is 9.78 Å². The Morgan fingerprint density at radius 2 is 1.77 bits per heavy atom. The molecule has 0 bridgehead atoms. The van der Waals surface area contributed by atoms with Crippen LogP contribution in [0.5, 0.6) is 0 Å². The van der Waals surface area contributed by atoms with Crippen LogP contribution < -0.4 is 5.30 Å². The van der Waals surface area contributed by atoms with Crippen molar-refractivity contribution in [2.75, 3.05) is 32.7 Å². The summed E-state index contributed by atoms with van der Waals surface area (Å²) in [6.45, 7) is 4.32. The van der Waals surface area contributed by atoms with Crippen LogP contribution in [0.3, 0.4) is 0 Å². The smallest absolute Gasteiger partial charge is 0.255 e. The lowest BCUT2D eigenvalue weighted by molar-refractivity contribution is -0.179. The minimum absolute atomic E-state index is 0.0325. The van der Waals surface area contributed by atoms with E-state index in [2.05, 4.69) is 25.2 Å². The van der Waals surface area contributed by atoms with Gasteiger partial charge in [0, 0.05) is 37.9 Å². The Hall–Kier alpha value is -1.52. The molecule has 1 aliphatic carbocycles. The number of carbonyl (C=O) groups is 1. The molecule has 2 aromatic rings. The number of rotatable bonds is 4. The molecule has 3 fully saturated rings. The Bertz CT molecular complexity index is 973. The van der Waals surface area contributed by atoms with E-state index < -0.39 is 0 Å². The first kappa shape index (κ1) is 21.3. The average molecular weight is 458 g/mol. The molecule has 7 heteroatoms. The van der Waals surface area contributed by atoms with Crippen molar-refractivity contribution in [2.45, 2.75) is 43.3 Å². The summed E-state index contributed by atoms with van der Waals surface area (Å²) in [5.41, 5.74) is 1.37. The van der Waals surface area contributed by atoms with E-state index in [9.17, 15) is 4.79 Å². The summed E-state index contributed by atoms with van der Waals surface area (Å²) >= 11 is 6.33. The van der Waals surface area contributed by atoms with Crippen molar-refractivity contribution in [3.63, 3.8) is 0 Å². The van der Waals surface area contributed by atoms with Crippen molar-refractivity contribution < 1.29 is 9.53 Å². The van der Waals surface area contributed by atoms with E-state index in [0.717, 1.165) is 57.4 Å². The molecular weight excluding hydrogens is 429 g/mol. The van der Waals surface area contributed by atoms with Crippen molar-refractivity contribution in [1.82, 2.24) is 14.8 Å². The van der Waals surface area contributed by atoms with Gasteiger partial charge in [0.2, 0.25) is 0 Å². The summed E-state index contributed by atoms with van der Waals surface area (Å²) in [4.78, 5) is 22.3. The van der Waals surface area contributed by atoms with E-state index in [-0.39, 0.29) is 17.1 Å². The second-order valence-electron chi connectivity index (χ2n) is 9.24. The molecule has 0 N–H and O–H groups in total. The molecule has 2 spiro atoms. The van der Waals surface area contributed by atoms with Crippen LogP contribution in [0, 0.1) is 0 Å². The molecule has 1 amide bonds. The fraction of sp³-hybridized carbons (Fsp3) is 0.500. The Morgan fingerprint density at radius 3 is 2.45 bits per heavy atom. The van der Waals surface area contributed by atoms with Gasteiger partial charge in [0.25, 0.3) is 5.91 Å². The summed E-state index contributed by atoms with van der Waals surface area (Å²) in [5.74, 6) is 0.0325. The Morgan fingerprint density at radius 1 is 1.06 bits per heavy atom. The van der Waals surface area contributed by atoms with Gasteiger partial charge in [0.1, 0.15) is 0 Å². The second kappa shape index (κ2) is 8.44. The van der Waals surface area contributed by atoms with E-state index in [4.69, 9.17) is 16.3 Å². The first-order valence-corrected chi connectivity index (χ1v) is 12.1. The normalized spacial score (nSPS) is 22.1. The van der Waals surface area contributed by atoms with E-state index in [0.29, 0.717) is 23.7 Å². The van der Waals surface area contributed by atoms with Crippen LogP contribution in [0.15, 0.2) is 42.6 Å². The van der Waals surface area contributed by atoms with Gasteiger partial charge in [0.15, 0.2) is 0 Å². The highest BCUT2D eigenvalue weighted by atomic mass is 35.5. The molecule has 3 heterocycles. The molecule has 1 aromatic heterocycles. The first-order valence-electron chi connectivity index (χ1n) is 11.1. The Kier molecular flexibility index (Phi) is 5.81. The number of carbonyl (C=O) groups excluding carboxylic acids is 1. The average Bonchev–Trinajstić information content (AvgIpc) is 3.51. The Balaban J connectivity index is 1.24. The van der Waals surface area contributed by atoms with Gasteiger partial charge in [0.05, 0.1) is 34.9 Å². The molecule has 2 saturated heterocycles. The zero-order valence-electron chi connectivity index (χ0n) is 17.7. The van der Waals surface area contributed by atoms with Gasteiger partial charge in [-0.25, -0.2) is 0 Å². The fourth-order valence-corrected chi connectivity index (χ4v) is 5.54. The number of morpholine rings is 1. The number of ether oxygens (including phenoxy) is 1. The summed E-state index contributed by atoms with van der Waals surface area (Å²) in [6.07, 6.45) is 6.81. The lowest BCUT2D eigenvalue weighted by atomic mass is 9.87. The number of amides is 1. The maximum absolute atomic E-state index is 13.3. The van der Waals surface area contributed by atoms with Crippen molar-refractivity contribution in [3.8, 4) is 0 Å². The van der Waals surface area contributed by atoms with E-state index in [1.807, 2.05) is 35.4 Å². The van der Waals surface area contributed by atoms with Gasteiger partial charge in [-0.05, 0) is 49.2 Å². The third-order valence-electron chi connectivity index (χ3n) is 6.95. The number of aromatic nitrogens is 1. The largest absolute Gasteiger partial charge is 0.365 e. The van der Waals surface area contributed by atoms with Gasteiger partial charge in [-0.15, -0.1) is 9.24 Å². The van der Waals surface area contributed by atoms with E-state index in [1.165, 1.54) is 5.30 Å². The van der Waals surface area contributed by atoms with Crippen LogP contribution in [0.1, 0.15) is 41.7 Å². The maximum atomic E-state index is 13.3. The number of halogens is 1. The highest BCUT2D eigenvalue weighted by Crippen LogP contribution is 2.49. The SMILES string of the molecule is O=C(c1ccccc1Cl)N1CC2(CCN(CCc3ncccc3P)CC2)OC2(CC2)C1. The third kappa shape index (κ3) is 4.52. The Labute approximate surface area is 191 Å². The van der Waals surface area contributed by atoms with Gasteiger partial charge in [-0.2, -0.15) is 0 Å². The summed E-state index contributed by atoms with van der Waals surface area (Å²) in [7, 11) is 2.78. The number of likely N-dealkylation sites (tertiary alicyclic amines) is 1. The molecule has 0 radical (unpaired) electrons. The fourth-order valence-electron chi connectivity index (χ4n) is 4.99. The topological polar surface area (TPSA) is 45.7 Å². The molecule has 1 unspecified atom stereocenters. The molecule has 1 saturated carbocycles. The predicted octanol–water partition coefficient (Wildman–Crippen LogP) is 3.32. The molecule has 2 aliphatic heterocycles. The number of piperidine rings is 1. The zero-order chi connectivity index (χ0) is 21.5. The lowest BCUT2D eigenvalue weighted by Gasteiger charge is -2.50. The van der Waals surface area contributed by atoms with Crippen molar-refractivity contribution in [1.29, 1.82) is 0 Å². The molecule has 3 aliphatic rings. The zero-order valence-corrected chi connectivity index (χ0v) is 19.6. The molecular formula is C24H29ClN3O2P. The summed E-state index contributed by atoms with van der Waals surface area (Å²) < 4.78 is 6.72. The molecule has 1 atom stereocenters. The second-order valence-corrected chi connectivity index (χ2v) is 10.3. The van der Waals surface area contributed by atoms with E-state index in [1.54, 1.807) is 6.07 Å². The van der Waals surface area contributed by atoms with Gasteiger partial charge in [-0.1, -0.05) is 29.8 Å². The minimum atomic E-state index is -0.237. The highest BCUT2D eigenvalue weighted by molar-refractivity contribution is 7.27. The maximum Gasteiger partial charge on any atom is 0.255 e. The van der Waals surface area contributed by atoms with Crippen LogP contribution in [0.4, 0.5) is 0 Å². The van der Waals surface area contributed by atoms with Crippen LogP contribution >= 0.6 is 20.8 Å². The molecule has 164 valence electrons. The number of benzene rings is 1. The standard InChI is InChI=1S/C24H29ClN3O2P/c25-19-5-2-1-4-18(19)22(29)28-16-23(8-9-23)30-24(17-28)10-14-27(15-11-24)13-7-20-21(31)6-3-12-26-20/h1-6,12H,7-11,13-17,31H2. The number of pyridine rings is 1. The first-order chi connectivity index (χ1) is 15.0. The molecule has 1 aromatic carbocycles. The molecule has 5 nitrogen and oxygen atoms in total. The summed E-state index contributed by atoms with van der Waals surface area (Å²) in [5, 5.41) is 1.70. The number of hydrogen-bond acceptors (Lipinski definition) is 4. The lowest BCUT2D eigenvalue weighted by Crippen LogP contribution is -2.61. The van der Waals surface area contributed by atoms with Gasteiger partial charge < -0.3 is 14.5 Å². The number of hydrogen-bond donors (Lipinski definition) is 0. The van der Waals surface area contributed by atoms with Crippen LogP contribution in [0.2, 0.25) is 5.02 Å². The van der Waals surface area contributed by atoms with Gasteiger partial charge >= 0.3 is 0 Å². The molecule has 31 heavy (non-hydrogen) atoms. The third-order valence-corrected chi connectivity index (χ3v) is 7.80. The van der Waals surface area contributed by atoms with Crippen molar-refractivity contribution in [3.05, 3.63) is 58.9 Å². The van der Waals surface area contributed by atoms with Crippen LogP contribution in [0.25, 0.3) is 0 Å². The van der Waals surface area contributed by atoms with Crippen LogP contribution in [-0.2, 0) is 11.2 Å².